The Bertz CT molecular complexity index is 536. The molecule has 1 saturated carbocycles. The Morgan fingerprint density at radius 1 is 1.25 bits per heavy atom. The third-order valence-corrected chi connectivity index (χ3v) is 4.91. The second-order valence-corrected chi connectivity index (χ2v) is 6.66. The molecule has 1 aromatic rings. The molecule has 3 rings (SSSR count). The summed E-state index contributed by atoms with van der Waals surface area (Å²) < 4.78 is 25.7. The molecule has 2 amide bonds. The summed E-state index contributed by atoms with van der Waals surface area (Å²) in [6.07, 6.45) is 6.15. The lowest BCUT2D eigenvalue weighted by molar-refractivity contribution is 0.122. The van der Waals surface area contributed by atoms with Gasteiger partial charge >= 0.3 is 6.03 Å². The normalized spacial score (nSPS) is 20.6. The Morgan fingerprint density at radius 2 is 1.96 bits per heavy atom. The maximum Gasteiger partial charge on any atom is 0.320 e. The first kappa shape index (κ1) is 17.1. The first-order chi connectivity index (χ1) is 11.6. The minimum absolute atomic E-state index is 0.158. The zero-order valence-corrected chi connectivity index (χ0v) is 13.8. The zero-order chi connectivity index (χ0) is 16.9. The number of aromatic nitrogens is 2. The molecule has 1 aliphatic heterocycles. The van der Waals surface area contributed by atoms with Gasteiger partial charge < -0.3 is 10.2 Å². The van der Waals surface area contributed by atoms with Crippen molar-refractivity contribution in [3.05, 3.63) is 12.3 Å². The number of rotatable bonds is 5. The summed E-state index contributed by atoms with van der Waals surface area (Å²) in [4.78, 5) is 14.6. The Labute approximate surface area is 140 Å². The van der Waals surface area contributed by atoms with E-state index in [1.165, 1.54) is 37.9 Å². The largest absolute Gasteiger partial charge is 0.335 e. The molecule has 0 atom stereocenters. The zero-order valence-electron chi connectivity index (χ0n) is 13.8. The van der Waals surface area contributed by atoms with Crippen LogP contribution in [0, 0.1) is 0 Å². The van der Waals surface area contributed by atoms with Crippen molar-refractivity contribution < 1.29 is 13.6 Å². The van der Waals surface area contributed by atoms with Gasteiger partial charge in [0.1, 0.15) is 6.54 Å². The second kappa shape index (κ2) is 7.92. The first-order valence-electron chi connectivity index (χ1n) is 8.73. The van der Waals surface area contributed by atoms with E-state index < -0.39 is 13.0 Å². The van der Waals surface area contributed by atoms with Gasteiger partial charge in [0.2, 0.25) is 0 Å². The van der Waals surface area contributed by atoms with Gasteiger partial charge in [0.25, 0.3) is 6.43 Å². The molecule has 0 spiro atoms. The van der Waals surface area contributed by atoms with Crippen molar-refractivity contribution >= 4 is 11.8 Å². The summed E-state index contributed by atoms with van der Waals surface area (Å²) in [7, 11) is 0. The molecule has 0 bridgehead atoms. The van der Waals surface area contributed by atoms with Crippen molar-refractivity contribution in [3.63, 3.8) is 0 Å². The number of nitrogens with zero attached hydrogens (tertiary/aromatic N) is 3. The van der Waals surface area contributed by atoms with Crippen LogP contribution in [0.2, 0.25) is 0 Å². The number of carbonyl (C=O) groups excluding carboxylic acids is 1. The summed E-state index contributed by atoms with van der Waals surface area (Å²) in [6.45, 7) is 1.58. The molecule has 134 valence electrons. The first-order valence-corrected chi connectivity index (χ1v) is 8.73. The second-order valence-electron chi connectivity index (χ2n) is 6.66. The molecule has 8 heteroatoms. The van der Waals surface area contributed by atoms with Crippen LogP contribution in [0.4, 0.5) is 19.4 Å². The molecule has 1 aromatic heterocycles. The molecule has 1 saturated heterocycles. The van der Waals surface area contributed by atoms with Crippen LogP contribution in [0.5, 0.6) is 0 Å². The van der Waals surface area contributed by atoms with E-state index in [1.54, 1.807) is 0 Å². The average Bonchev–Trinajstić information content (AvgIpc) is 3.19. The molecule has 0 aromatic carbocycles. The third-order valence-electron chi connectivity index (χ3n) is 4.91. The average molecular weight is 341 g/mol. The number of hydrogen-bond donors (Lipinski definition) is 2. The van der Waals surface area contributed by atoms with Gasteiger partial charge in [-0.1, -0.05) is 12.8 Å². The number of piperidine rings is 1. The monoisotopic (exact) mass is 341 g/mol. The molecule has 2 aliphatic rings. The number of nitrogens with one attached hydrogen (secondary N) is 2. The van der Waals surface area contributed by atoms with Gasteiger partial charge in [-0.15, -0.1) is 0 Å². The Morgan fingerprint density at radius 3 is 2.62 bits per heavy atom. The molecule has 6 nitrogen and oxygen atoms in total. The number of carbonyl (C=O) groups is 1. The maximum absolute atomic E-state index is 12.3. The molecule has 0 radical (unpaired) electrons. The highest BCUT2D eigenvalue weighted by Gasteiger charge is 2.27. The highest BCUT2D eigenvalue weighted by atomic mass is 19.3. The van der Waals surface area contributed by atoms with Crippen LogP contribution in [-0.2, 0) is 6.54 Å². The van der Waals surface area contributed by atoms with Crippen LogP contribution in [0.15, 0.2) is 12.3 Å². The molecule has 0 unspecified atom stereocenters. The predicted molar refractivity (Wildman–Crippen MR) is 87.2 cm³/mol. The van der Waals surface area contributed by atoms with E-state index in [2.05, 4.69) is 20.6 Å². The topological polar surface area (TPSA) is 62.2 Å². The number of likely N-dealkylation sites (tertiary alicyclic amines) is 1. The number of anilines is 1. The van der Waals surface area contributed by atoms with Gasteiger partial charge in [-0.05, 0) is 25.7 Å². The van der Waals surface area contributed by atoms with Crippen LogP contribution >= 0.6 is 0 Å². The van der Waals surface area contributed by atoms with Crippen molar-refractivity contribution in [2.24, 2.45) is 0 Å². The number of hydrogen-bond acceptors (Lipinski definition) is 3. The van der Waals surface area contributed by atoms with E-state index in [0.717, 1.165) is 36.7 Å². The van der Waals surface area contributed by atoms with Crippen LogP contribution < -0.4 is 10.6 Å². The van der Waals surface area contributed by atoms with Crippen LogP contribution in [0.1, 0.15) is 38.5 Å². The van der Waals surface area contributed by atoms with Crippen molar-refractivity contribution in [2.45, 2.75) is 63.6 Å². The van der Waals surface area contributed by atoms with E-state index in [4.69, 9.17) is 0 Å². The summed E-state index contributed by atoms with van der Waals surface area (Å²) in [5.74, 6) is 0.288. The summed E-state index contributed by atoms with van der Waals surface area (Å²) in [6, 6.07) is 2.09. The lowest BCUT2D eigenvalue weighted by Crippen LogP contribution is -2.48. The van der Waals surface area contributed by atoms with Crippen molar-refractivity contribution in [1.82, 2.24) is 20.0 Å². The molecule has 2 fully saturated rings. The lowest BCUT2D eigenvalue weighted by Gasteiger charge is -2.36. The smallest absolute Gasteiger partial charge is 0.320 e. The molecule has 1 aliphatic carbocycles. The fourth-order valence-electron chi connectivity index (χ4n) is 3.69. The van der Waals surface area contributed by atoms with E-state index in [1.807, 2.05) is 0 Å². The van der Waals surface area contributed by atoms with Gasteiger partial charge in [-0.25, -0.2) is 13.6 Å². The molecular formula is C16H25F2N5O. The molecule has 2 N–H and O–H groups in total. The fraction of sp³-hybridized carbons (Fsp3) is 0.750. The number of urea groups is 1. The summed E-state index contributed by atoms with van der Waals surface area (Å²) in [5, 5.41) is 9.47. The minimum atomic E-state index is -2.46. The number of alkyl halides is 2. The molecule has 24 heavy (non-hydrogen) atoms. The third kappa shape index (κ3) is 4.66. The molecular weight excluding hydrogens is 316 g/mol. The van der Waals surface area contributed by atoms with Crippen LogP contribution in [0.25, 0.3) is 0 Å². The van der Waals surface area contributed by atoms with E-state index in [-0.39, 0.29) is 17.9 Å². The van der Waals surface area contributed by atoms with E-state index in [9.17, 15) is 13.6 Å². The summed E-state index contributed by atoms with van der Waals surface area (Å²) >= 11 is 0. The summed E-state index contributed by atoms with van der Waals surface area (Å²) in [5.41, 5.74) is 0. The van der Waals surface area contributed by atoms with Crippen molar-refractivity contribution in [1.29, 1.82) is 0 Å². The number of halogens is 2. The van der Waals surface area contributed by atoms with Gasteiger partial charge in [0.15, 0.2) is 5.82 Å². The van der Waals surface area contributed by atoms with Gasteiger partial charge in [-0.3, -0.25) is 10.00 Å². The van der Waals surface area contributed by atoms with Crippen molar-refractivity contribution in [3.8, 4) is 0 Å². The fourth-order valence-corrected chi connectivity index (χ4v) is 3.69. The molecule has 2 heterocycles. The van der Waals surface area contributed by atoms with E-state index in [0.29, 0.717) is 0 Å². The Kier molecular flexibility index (Phi) is 5.65. The van der Waals surface area contributed by atoms with Gasteiger partial charge in [0.05, 0.1) is 0 Å². The highest BCUT2D eigenvalue weighted by Crippen LogP contribution is 2.26. The van der Waals surface area contributed by atoms with Gasteiger partial charge in [-0.2, -0.15) is 5.10 Å². The standard InChI is InChI=1S/C16H25F2N5O/c17-14(18)11-23-10-7-15(21-23)20-16(24)19-12-5-8-22(9-6-12)13-3-1-2-4-13/h7,10,12-14H,1-6,8-9,11H2,(H2,19,20,21,24). The number of amides is 2. The maximum atomic E-state index is 12.3. The van der Waals surface area contributed by atoms with Gasteiger partial charge in [0, 0.05) is 37.4 Å². The quantitative estimate of drug-likeness (QED) is 0.865. The van der Waals surface area contributed by atoms with E-state index >= 15 is 0 Å². The van der Waals surface area contributed by atoms with Crippen LogP contribution in [0.3, 0.4) is 0 Å². The Hall–Kier alpha value is -1.70. The predicted octanol–water partition coefficient (Wildman–Crippen LogP) is 2.68. The lowest BCUT2D eigenvalue weighted by atomic mass is 10.0. The minimum Gasteiger partial charge on any atom is -0.335 e. The van der Waals surface area contributed by atoms with Crippen molar-refractivity contribution in [2.75, 3.05) is 18.4 Å². The Balaban J connectivity index is 1.40. The highest BCUT2D eigenvalue weighted by molar-refractivity contribution is 5.88. The van der Waals surface area contributed by atoms with Crippen LogP contribution in [-0.4, -0.2) is 52.3 Å². The SMILES string of the molecule is O=C(Nc1ccn(CC(F)F)n1)NC1CCN(C2CCCC2)CC1.